The van der Waals surface area contributed by atoms with Crippen LogP contribution in [0, 0.1) is 22.7 Å². The monoisotopic (exact) mass is 515 g/mol. The molecule has 11 heteroatoms. The number of benzene rings is 2. The number of rotatable bonds is 9. The maximum atomic E-state index is 13.0. The van der Waals surface area contributed by atoms with Crippen LogP contribution < -0.4 is 43.9 Å². The van der Waals surface area contributed by atoms with Gasteiger partial charge in [0.2, 0.25) is 5.91 Å². The van der Waals surface area contributed by atoms with E-state index in [0.29, 0.717) is 39.1 Å². The molecule has 0 saturated carbocycles. The molecule has 2 aromatic carbocycles. The van der Waals surface area contributed by atoms with Gasteiger partial charge in [0.1, 0.15) is 19.1 Å². The van der Waals surface area contributed by atoms with Gasteiger partial charge in [-0.3, -0.25) is 9.36 Å². The van der Waals surface area contributed by atoms with Crippen LogP contribution in [0.3, 0.4) is 0 Å². The largest absolute Gasteiger partial charge is 1.00 e. The molecule has 0 aliphatic heterocycles. The zero-order valence-electron chi connectivity index (χ0n) is 20.2. The van der Waals surface area contributed by atoms with E-state index in [1.54, 1.807) is 48.7 Å². The number of unbranched alkanes of at least 4 members (excludes halogenated alkanes) is 1. The van der Waals surface area contributed by atoms with Crippen LogP contribution in [-0.2, 0) is 4.57 Å². The Morgan fingerprint density at radius 1 is 1.17 bits per heavy atom. The van der Waals surface area contributed by atoms with Crippen molar-refractivity contribution in [3.63, 3.8) is 0 Å². The number of allylic oxidation sites excluding steroid dienone is 1. The molecule has 0 saturated heterocycles. The van der Waals surface area contributed by atoms with Crippen molar-refractivity contribution in [2.45, 2.75) is 19.3 Å². The van der Waals surface area contributed by atoms with Crippen LogP contribution in [0.25, 0.3) is 22.6 Å². The number of ether oxygens (including phenoxy) is 2. The molecule has 1 atom stereocenters. The second kappa shape index (κ2) is 12.9. The molecule has 0 bridgehead atoms. The van der Waals surface area contributed by atoms with Gasteiger partial charge < -0.3 is 23.8 Å². The molecular formula is C25H23N3NaO6P. The molecule has 1 N–H and O–H groups in total. The third-order valence-electron chi connectivity index (χ3n) is 5.43. The van der Waals surface area contributed by atoms with Crippen molar-refractivity contribution in [1.29, 1.82) is 10.5 Å². The minimum atomic E-state index is -4.37. The van der Waals surface area contributed by atoms with Gasteiger partial charge in [-0.1, -0.05) is 0 Å². The van der Waals surface area contributed by atoms with E-state index >= 15 is 0 Å². The van der Waals surface area contributed by atoms with Gasteiger partial charge in [-0.15, -0.1) is 0 Å². The Kier molecular flexibility index (Phi) is 10.5. The van der Waals surface area contributed by atoms with Crippen molar-refractivity contribution in [2.24, 2.45) is 0 Å². The van der Waals surface area contributed by atoms with Gasteiger partial charge >= 0.3 is 29.6 Å². The summed E-state index contributed by atoms with van der Waals surface area (Å²) in [7, 11) is -1.37. The van der Waals surface area contributed by atoms with Gasteiger partial charge in [-0.25, -0.2) is 0 Å². The summed E-state index contributed by atoms with van der Waals surface area (Å²) in [5.41, 5.74) is 2.23. The summed E-state index contributed by atoms with van der Waals surface area (Å²) in [5, 5.41) is 19.9. The third kappa shape index (κ3) is 7.09. The molecular weight excluding hydrogens is 492 g/mol. The predicted molar refractivity (Wildman–Crippen MR) is 129 cm³/mol. The summed E-state index contributed by atoms with van der Waals surface area (Å²) in [5.74, 6) is 0.710. The van der Waals surface area contributed by atoms with E-state index in [1.807, 2.05) is 0 Å². The Balaban J connectivity index is 0.00000456. The second-order valence-electron chi connectivity index (χ2n) is 7.75. The van der Waals surface area contributed by atoms with E-state index in [-0.39, 0.29) is 60.3 Å². The fourth-order valence-electron chi connectivity index (χ4n) is 3.71. The van der Waals surface area contributed by atoms with E-state index in [4.69, 9.17) is 14.4 Å². The molecule has 1 heterocycles. The topological polar surface area (TPSA) is 148 Å². The number of carbonyl (C=O) groups is 1. The van der Waals surface area contributed by atoms with Crippen LogP contribution >= 0.6 is 7.60 Å². The third-order valence-corrected chi connectivity index (χ3v) is 6.31. The van der Waals surface area contributed by atoms with Crippen LogP contribution in [-0.4, -0.2) is 35.7 Å². The molecule has 0 aliphatic carbocycles. The molecule has 9 nitrogen and oxygen atoms in total. The Morgan fingerprint density at radius 3 is 2.53 bits per heavy atom. The van der Waals surface area contributed by atoms with Gasteiger partial charge in [0.15, 0.2) is 0 Å². The Labute approximate surface area is 231 Å². The Hall–Kier alpha value is -2.88. The number of nitrogens with zero attached hydrogens (tertiary/aromatic N) is 3. The van der Waals surface area contributed by atoms with E-state index in [0.717, 1.165) is 0 Å². The van der Waals surface area contributed by atoms with Crippen molar-refractivity contribution in [1.82, 2.24) is 4.57 Å². The normalized spacial score (nSPS) is 12.7. The minimum absolute atomic E-state index is 0. The number of fused-ring (bicyclic) bond motifs is 1. The van der Waals surface area contributed by atoms with Gasteiger partial charge in [-0.2, -0.15) is 10.5 Å². The Morgan fingerprint density at radius 2 is 1.92 bits per heavy atom. The fourth-order valence-corrected chi connectivity index (χ4v) is 4.33. The average Bonchev–Trinajstić information content (AvgIpc) is 3.22. The number of methoxy groups -OCH3 is 2. The number of hydrogen-bond donors (Lipinski definition) is 1. The predicted octanol–water partition coefficient (Wildman–Crippen LogP) is 0.955. The molecule has 0 radical (unpaired) electrons. The first-order valence-corrected chi connectivity index (χ1v) is 12.4. The maximum absolute atomic E-state index is 13.0. The summed E-state index contributed by atoms with van der Waals surface area (Å²) in [4.78, 5) is 32.9. The van der Waals surface area contributed by atoms with Crippen LogP contribution in [0.2, 0.25) is 0 Å². The first-order valence-electron chi connectivity index (χ1n) is 10.7. The van der Waals surface area contributed by atoms with Crippen molar-refractivity contribution >= 4 is 36.1 Å². The molecule has 0 aliphatic rings. The van der Waals surface area contributed by atoms with E-state index < -0.39 is 13.8 Å². The fraction of sp³-hybridized carbons (Fsp3) is 0.240. The summed E-state index contributed by atoms with van der Waals surface area (Å²) < 4.78 is 23.0. The van der Waals surface area contributed by atoms with Crippen molar-refractivity contribution in [3.05, 3.63) is 59.3 Å². The molecule has 3 aromatic rings. The molecule has 3 rings (SSSR count). The van der Waals surface area contributed by atoms with E-state index in [2.05, 4.69) is 12.1 Å². The SMILES string of the molecule is COc1ccc2c(/C(C#N)=C/c3cc(C#N)ccc3OC)cn(C(=O)CCCCP(=O)([O-])O)c2c1.[Na+]. The number of carbonyl (C=O) groups excluding carboxylic acids is 1. The average molecular weight is 515 g/mol. The molecule has 36 heavy (non-hydrogen) atoms. The molecule has 0 spiro atoms. The first kappa shape index (κ1) is 29.4. The van der Waals surface area contributed by atoms with Crippen LogP contribution in [0.4, 0.5) is 0 Å². The number of nitriles is 2. The smallest absolute Gasteiger partial charge is 0.779 e. The standard InChI is InChI=1S/C25H24N3O6P.Na/c1-33-20-7-8-21-22(19(15-27)12-18-11-17(14-26)6-9-24(18)34-2)16-28(23(21)13-20)25(29)5-3-4-10-35(30,31)32;/h6-9,11-13,16H,3-5,10H2,1-2H3,(H2,30,31,32);/q;+1/p-1/b19-12+;. The van der Waals surface area contributed by atoms with Crippen LogP contribution in [0.1, 0.15) is 40.7 Å². The van der Waals surface area contributed by atoms with Crippen LogP contribution in [0.5, 0.6) is 11.5 Å². The van der Waals surface area contributed by atoms with Gasteiger partial charge in [-0.05, 0) is 49.2 Å². The molecule has 1 aromatic heterocycles. The van der Waals surface area contributed by atoms with Crippen molar-refractivity contribution < 1.29 is 58.2 Å². The Bertz CT molecular complexity index is 1430. The molecule has 0 fully saturated rings. The maximum Gasteiger partial charge on any atom is 1.00 e. The molecule has 0 amide bonds. The summed E-state index contributed by atoms with van der Waals surface area (Å²) in [6.07, 6.45) is 3.23. The van der Waals surface area contributed by atoms with Gasteiger partial charge in [0.05, 0.1) is 43.0 Å². The van der Waals surface area contributed by atoms with E-state index in [1.165, 1.54) is 18.8 Å². The first-order chi connectivity index (χ1) is 16.7. The van der Waals surface area contributed by atoms with Crippen molar-refractivity contribution in [2.75, 3.05) is 20.4 Å². The summed E-state index contributed by atoms with van der Waals surface area (Å²) >= 11 is 0. The summed E-state index contributed by atoms with van der Waals surface area (Å²) in [6, 6.07) is 14.3. The number of aromatic nitrogens is 1. The van der Waals surface area contributed by atoms with Crippen LogP contribution in [0.15, 0.2) is 42.6 Å². The van der Waals surface area contributed by atoms with Gasteiger partial charge in [0.25, 0.3) is 0 Å². The molecule has 180 valence electrons. The van der Waals surface area contributed by atoms with Crippen molar-refractivity contribution in [3.8, 4) is 23.6 Å². The summed E-state index contributed by atoms with van der Waals surface area (Å²) in [6.45, 7) is 0. The minimum Gasteiger partial charge on any atom is -0.779 e. The quantitative estimate of drug-likeness (QED) is 0.192. The zero-order valence-corrected chi connectivity index (χ0v) is 23.1. The zero-order chi connectivity index (χ0) is 25.6. The van der Waals surface area contributed by atoms with E-state index in [9.17, 15) is 24.8 Å². The van der Waals surface area contributed by atoms with Gasteiger partial charge in [0, 0.05) is 41.4 Å². The second-order valence-corrected chi connectivity index (χ2v) is 9.47. The number of hydrogen-bond acceptors (Lipinski definition) is 7. The molecule has 1 unspecified atom stereocenters.